The van der Waals surface area contributed by atoms with Crippen molar-refractivity contribution in [2.24, 2.45) is 18.9 Å². The van der Waals surface area contributed by atoms with E-state index in [9.17, 15) is 10.1 Å². The van der Waals surface area contributed by atoms with Gasteiger partial charge in [0.05, 0.1) is 22.9 Å². The molecule has 9 heteroatoms. The summed E-state index contributed by atoms with van der Waals surface area (Å²) in [4.78, 5) is 18.5. The fourth-order valence-electron chi connectivity index (χ4n) is 6.52. The Morgan fingerprint density at radius 2 is 2.08 bits per heavy atom. The quantitative estimate of drug-likeness (QED) is 0.362. The van der Waals surface area contributed by atoms with Gasteiger partial charge in [-0.1, -0.05) is 26.0 Å². The number of nitrogens with zero attached hydrogens (tertiary/aromatic N) is 5. The molecule has 1 aliphatic heterocycles. The molecule has 0 unspecified atom stereocenters. The summed E-state index contributed by atoms with van der Waals surface area (Å²) in [6.45, 7) is 8.07. The maximum absolute atomic E-state index is 13.6. The van der Waals surface area contributed by atoms with Crippen LogP contribution in [0.3, 0.4) is 0 Å². The van der Waals surface area contributed by atoms with E-state index in [2.05, 4.69) is 59.1 Å². The summed E-state index contributed by atoms with van der Waals surface area (Å²) in [5.41, 5.74) is 4.82. The molecule has 0 bridgehead atoms. The predicted molar refractivity (Wildman–Crippen MR) is 154 cm³/mol. The first-order chi connectivity index (χ1) is 19.2. The van der Waals surface area contributed by atoms with E-state index in [4.69, 9.17) is 4.98 Å². The third-order valence-corrected chi connectivity index (χ3v) is 9.09. The van der Waals surface area contributed by atoms with Crippen molar-refractivity contribution in [3.63, 3.8) is 0 Å². The largest absolute Gasteiger partial charge is 0.382 e. The number of benzene rings is 1. The van der Waals surface area contributed by atoms with E-state index in [-0.39, 0.29) is 16.7 Å². The van der Waals surface area contributed by atoms with E-state index >= 15 is 0 Å². The van der Waals surface area contributed by atoms with E-state index < -0.39 is 0 Å². The van der Waals surface area contributed by atoms with Gasteiger partial charge in [-0.25, -0.2) is 4.98 Å². The van der Waals surface area contributed by atoms with Gasteiger partial charge in [0.1, 0.15) is 17.8 Å². The molecule has 2 saturated carbocycles. The number of aromatic nitrogens is 4. The molecule has 6 rings (SSSR count). The van der Waals surface area contributed by atoms with Crippen LogP contribution in [0.1, 0.15) is 86.0 Å². The summed E-state index contributed by atoms with van der Waals surface area (Å²) in [6, 6.07) is 12.7. The molecule has 0 radical (unpaired) electrons. The molecule has 2 aliphatic carbocycles. The third kappa shape index (κ3) is 4.75. The lowest BCUT2D eigenvalue weighted by Crippen LogP contribution is -2.44. The third-order valence-electron chi connectivity index (χ3n) is 9.09. The van der Waals surface area contributed by atoms with Crippen LogP contribution < -0.4 is 16.0 Å². The molecule has 3 aromatic rings. The first kappa shape index (κ1) is 26.5. The van der Waals surface area contributed by atoms with Crippen LogP contribution in [-0.2, 0) is 24.4 Å². The van der Waals surface area contributed by atoms with Crippen LogP contribution in [0.4, 0.5) is 11.4 Å². The van der Waals surface area contributed by atoms with E-state index in [1.807, 2.05) is 35.9 Å². The highest BCUT2D eigenvalue weighted by molar-refractivity contribution is 6.03. The van der Waals surface area contributed by atoms with Gasteiger partial charge in [-0.3, -0.25) is 4.79 Å². The van der Waals surface area contributed by atoms with Crippen LogP contribution in [0.25, 0.3) is 0 Å². The summed E-state index contributed by atoms with van der Waals surface area (Å²) in [5, 5.41) is 28.1. The molecule has 9 nitrogen and oxygen atoms in total. The number of nitrogens with one attached hydrogen (secondary N) is 3. The minimum Gasteiger partial charge on any atom is -0.382 e. The zero-order chi connectivity index (χ0) is 28.1. The fourth-order valence-corrected chi connectivity index (χ4v) is 6.52. The van der Waals surface area contributed by atoms with Gasteiger partial charge in [0, 0.05) is 43.7 Å². The van der Waals surface area contributed by atoms with Crippen molar-refractivity contribution in [1.29, 1.82) is 5.26 Å². The molecule has 1 atom stereocenters. The summed E-state index contributed by atoms with van der Waals surface area (Å²) in [7, 11) is 1.95. The average Bonchev–Trinajstić information content (AvgIpc) is 3.61. The minimum atomic E-state index is -0.327. The van der Waals surface area contributed by atoms with Gasteiger partial charge < -0.3 is 20.5 Å². The molecule has 3 N–H and O–H groups in total. The molecule has 2 aromatic heterocycles. The van der Waals surface area contributed by atoms with Crippen molar-refractivity contribution in [2.45, 2.75) is 76.3 Å². The van der Waals surface area contributed by atoms with Crippen molar-refractivity contribution in [1.82, 2.24) is 25.1 Å². The van der Waals surface area contributed by atoms with Crippen LogP contribution >= 0.6 is 0 Å². The summed E-state index contributed by atoms with van der Waals surface area (Å²) in [5.74, 6) is 1.74. The first-order valence-corrected chi connectivity index (χ1v) is 14.3. The number of amides is 1. The molecule has 2 fully saturated rings. The number of hydrogen-bond acceptors (Lipinski definition) is 7. The maximum atomic E-state index is 13.6. The molecule has 40 heavy (non-hydrogen) atoms. The molecular formula is C31H38N8O. The summed E-state index contributed by atoms with van der Waals surface area (Å²) in [6.07, 6.45) is 6.48. The molecule has 3 heterocycles. The second kappa shape index (κ2) is 10.0. The molecule has 0 saturated heterocycles. The second-order valence-corrected chi connectivity index (χ2v) is 12.7. The second-order valence-electron chi connectivity index (χ2n) is 12.7. The van der Waals surface area contributed by atoms with Crippen LogP contribution in [-0.4, -0.2) is 38.2 Å². The predicted octanol–water partition coefficient (Wildman–Crippen LogP) is 4.66. The van der Waals surface area contributed by atoms with E-state index in [0.717, 1.165) is 59.3 Å². The lowest BCUT2D eigenvalue weighted by Gasteiger charge is -2.46. The molecular weight excluding hydrogens is 500 g/mol. The Morgan fingerprint density at radius 3 is 2.77 bits per heavy atom. The zero-order valence-corrected chi connectivity index (χ0v) is 23.8. The van der Waals surface area contributed by atoms with Gasteiger partial charge in [0.2, 0.25) is 0 Å². The normalized spacial score (nSPS) is 23.4. The van der Waals surface area contributed by atoms with E-state index in [0.29, 0.717) is 30.6 Å². The standard InChI is InChI=1S/C31H38N8O/c1-19(21-8-9-21)33-16-22-12-25(37-27-26(22)34-17-30(27,2)3)28(40)36-24-7-5-6-23(13-24)31(14-20(15-31)10-11-32)29-38-35-18-39(29)4/h5-7,12-13,18-21,33-34H,8-10,14-17H2,1-4H3,(H,36,40)/t19-,20?,31?/m0/s1. The summed E-state index contributed by atoms with van der Waals surface area (Å²) < 4.78 is 1.96. The zero-order valence-electron chi connectivity index (χ0n) is 23.8. The van der Waals surface area contributed by atoms with Crippen LogP contribution in [0.2, 0.25) is 0 Å². The maximum Gasteiger partial charge on any atom is 0.274 e. The van der Waals surface area contributed by atoms with Gasteiger partial charge in [0.25, 0.3) is 5.91 Å². The number of anilines is 2. The van der Waals surface area contributed by atoms with Crippen molar-refractivity contribution < 1.29 is 4.79 Å². The Labute approximate surface area is 235 Å². The lowest BCUT2D eigenvalue weighted by molar-refractivity contribution is 0.102. The highest BCUT2D eigenvalue weighted by Gasteiger charge is 2.49. The van der Waals surface area contributed by atoms with Gasteiger partial charge in [0.15, 0.2) is 0 Å². The Morgan fingerprint density at radius 1 is 1.27 bits per heavy atom. The lowest BCUT2D eigenvalue weighted by atomic mass is 9.57. The van der Waals surface area contributed by atoms with Gasteiger partial charge in [-0.05, 0) is 73.8 Å². The number of pyridine rings is 1. The Bertz CT molecular complexity index is 1470. The van der Waals surface area contributed by atoms with E-state index in [1.54, 1.807) is 6.33 Å². The number of fused-ring (bicyclic) bond motifs is 1. The summed E-state index contributed by atoms with van der Waals surface area (Å²) >= 11 is 0. The van der Waals surface area contributed by atoms with Crippen molar-refractivity contribution >= 4 is 17.3 Å². The number of carbonyl (C=O) groups excluding carboxylic acids is 1. The van der Waals surface area contributed by atoms with Crippen LogP contribution in [0.5, 0.6) is 0 Å². The van der Waals surface area contributed by atoms with Crippen LogP contribution in [0, 0.1) is 23.2 Å². The van der Waals surface area contributed by atoms with Gasteiger partial charge in [-0.15, -0.1) is 10.2 Å². The Balaban J connectivity index is 1.27. The number of rotatable bonds is 9. The topological polar surface area (TPSA) is 121 Å². The highest BCUT2D eigenvalue weighted by Crippen LogP contribution is 2.53. The molecule has 208 valence electrons. The van der Waals surface area contributed by atoms with Crippen molar-refractivity contribution in [3.8, 4) is 6.07 Å². The molecule has 1 aromatic carbocycles. The number of hydrogen-bond donors (Lipinski definition) is 3. The monoisotopic (exact) mass is 538 g/mol. The molecule has 0 spiro atoms. The average molecular weight is 539 g/mol. The Kier molecular flexibility index (Phi) is 6.62. The molecule has 3 aliphatic rings. The first-order valence-electron chi connectivity index (χ1n) is 14.3. The fraction of sp³-hybridized carbons (Fsp3) is 0.516. The number of nitriles is 1. The van der Waals surface area contributed by atoms with E-state index in [1.165, 1.54) is 12.8 Å². The highest BCUT2D eigenvalue weighted by atomic mass is 16.1. The van der Waals surface area contributed by atoms with Crippen molar-refractivity contribution in [2.75, 3.05) is 17.2 Å². The van der Waals surface area contributed by atoms with Crippen molar-refractivity contribution in [3.05, 3.63) is 65.0 Å². The number of carbonyl (C=O) groups is 1. The SMILES string of the molecule is C[C@H](NCc1cc(C(=O)Nc2cccc(C3(c4nncn4C)CC(CC#N)C3)c2)nc2c1NCC2(C)C)C1CC1. The number of aryl methyl sites for hydroxylation is 1. The molecule has 1 amide bonds. The van der Waals surface area contributed by atoms with Crippen LogP contribution in [0.15, 0.2) is 36.7 Å². The van der Waals surface area contributed by atoms with Gasteiger partial charge >= 0.3 is 0 Å². The minimum absolute atomic E-state index is 0.158. The smallest absolute Gasteiger partial charge is 0.274 e. The van der Waals surface area contributed by atoms with Gasteiger partial charge in [-0.2, -0.15) is 5.26 Å². The Hall–Kier alpha value is -3.77.